The quantitative estimate of drug-likeness (QED) is 0.0656. The molecule has 57 heavy (non-hydrogen) atoms. The van der Waals surface area contributed by atoms with Crippen LogP contribution in [-0.2, 0) is 58.3 Å². The molecule has 0 N–H and O–H groups in total. The summed E-state index contributed by atoms with van der Waals surface area (Å²) in [5, 5.41) is 10.9. The number of hydrogen-bond acceptors (Lipinski definition) is 14. The van der Waals surface area contributed by atoms with E-state index in [1.165, 1.54) is 12.1 Å². The predicted octanol–water partition coefficient (Wildman–Crippen LogP) is 7.16. The van der Waals surface area contributed by atoms with Gasteiger partial charge in [0.1, 0.15) is 24.4 Å². The lowest BCUT2D eigenvalue weighted by molar-refractivity contribution is -0.388. The Morgan fingerprint density at radius 1 is 0.860 bits per heavy atom. The second-order valence-electron chi connectivity index (χ2n) is 17.7. The summed E-state index contributed by atoms with van der Waals surface area (Å²) >= 11 is 0. The number of rotatable bonds is 13. The molecular formula is C41H57NO14Si. The summed E-state index contributed by atoms with van der Waals surface area (Å²) in [6.07, 6.45) is -8.72. The van der Waals surface area contributed by atoms with Gasteiger partial charge in [-0.25, -0.2) is 4.79 Å². The minimum Gasteiger partial charge on any atom is -0.454 e. The first-order valence-electron chi connectivity index (χ1n) is 19.7. The SMILES string of the molecule is C[C@@H]1O[C@@H](O[C@H]2[C@H]3OC(c4ccccc4)OC[C@H]3O[C@@H](OCCCCc3ccc([N+](=O)[O-])cc3)[C@@H]2OC(=O)C(C)(C)C)[C@@H]2OC(=O)O[C@@H]2[C@H]1O[Si](C)(C)C(C)(C)C. The van der Waals surface area contributed by atoms with Gasteiger partial charge in [-0.2, -0.15) is 0 Å². The zero-order chi connectivity index (χ0) is 41.3. The molecule has 0 bridgehead atoms. The van der Waals surface area contributed by atoms with E-state index in [-0.39, 0.29) is 23.9 Å². The fourth-order valence-corrected chi connectivity index (χ4v) is 8.24. The fourth-order valence-electron chi connectivity index (χ4n) is 6.88. The number of carbonyl (C=O) groups excluding carboxylic acids is 2. The second kappa shape index (κ2) is 17.4. The monoisotopic (exact) mass is 815 g/mol. The zero-order valence-electron chi connectivity index (χ0n) is 34.2. The molecule has 4 aliphatic heterocycles. The molecule has 15 nitrogen and oxygen atoms in total. The van der Waals surface area contributed by atoms with Crippen LogP contribution in [0.1, 0.15) is 78.7 Å². The number of aryl methyl sites for hydroxylation is 1. The van der Waals surface area contributed by atoms with Gasteiger partial charge >= 0.3 is 12.1 Å². The number of fused-ring (bicyclic) bond motifs is 2. The Morgan fingerprint density at radius 3 is 2.19 bits per heavy atom. The maximum atomic E-state index is 13.7. The van der Waals surface area contributed by atoms with E-state index < -0.39 is 98.5 Å². The molecule has 16 heteroatoms. The van der Waals surface area contributed by atoms with Crippen molar-refractivity contribution in [2.45, 2.75) is 154 Å². The Kier molecular flexibility index (Phi) is 13.2. The first-order chi connectivity index (χ1) is 26.8. The number of unbranched alkanes of at least 4 members (excludes halogenated alkanes) is 1. The second-order valence-corrected chi connectivity index (χ2v) is 22.4. The third-order valence-corrected chi connectivity index (χ3v) is 15.7. The van der Waals surface area contributed by atoms with Crippen molar-refractivity contribution in [1.82, 2.24) is 0 Å². The highest BCUT2D eigenvalue weighted by Crippen LogP contribution is 2.43. The van der Waals surface area contributed by atoms with Gasteiger partial charge in [0.15, 0.2) is 45.5 Å². The third-order valence-electron chi connectivity index (χ3n) is 11.2. The number of nitro benzene ring substituents is 1. The minimum atomic E-state index is -2.36. The lowest BCUT2D eigenvalue weighted by atomic mass is 9.94. The number of benzene rings is 2. The van der Waals surface area contributed by atoms with Gasteiger partial charge in [-0.1, -0.05) is 63.2 Å². The highest BCUT2D eigenvalue weighted by molar-refractivity contribution is 6.74. The summed E-state index contributed by atoms with van der Waals surface area (Å²) in [6, 6.07) is 15.9. The Balaban J connectivity index is 1.26. The molecule has 4 aliphatic rings. The van der Waals surface area contributed by atoms with Gasteiger partial charge in [0, 0.05) is 24.3 Å². The molecule has 4 heterocycles. The highest BCUT2D eigenvalue weighted by Gasteiger charge is 2.60. The van der Waals surface area contributed by atoms with Gasteiger partial charge < -0.3 is 47.1 Å². The van der Waals surface area contributed by atoms with Crippen LogP contribution in [0.4, 0.5) is 10.5 Å². The van der Waals surface area contributed by atoms with E-state index in [1.807, 2.05) is 37.3 Å². The van der Waals surface area contributed by atoms with Crippen molar-refractivity contribution in [2.24, 2.45) is 5.41 Å². The summed E-state index contributed by atoms with van der Waals surface area (Å²) in [7, 11) is -2.36. The molecule has 0 aromatic heterocycles. The van der Waals surface area contributed by atoms with Crippen molar-refractivity contribution in [3.05, 3.63) is 75.8 Å². The number of hydrogen-bond donors (Lipinski definition) is 0. The molecule has 314 valence electrons. The molecule has 4 saturated heterocycles. The van der Waals surface area contributed by atoms with Gasteiger partial charge in [-0.05, 0) is 70.7 Å². The molecule has 0 aliphatic carbocycles. The summed E-state index contributed by atoms with van der Waals surface area (Å²) < 4.78 is 63.4. The van der Waals surface area contributed by atoms with Crippen molar-refractivity contribution in [3.8, 4) is 0 Å². The number of carbonyl (C=O) groups is 2. The molecule has 0 spiro atoms. The number of non-ortho nitro benzene ring substituents is 1. The molecule has 6 rings (SSSR count). The molecule has 2 aromatic carbocycles. The smallest absolute Gasteiger partial charge is 0.454 e. The number of esters is 1. The van der Waals surface area contributed by atoms with Crippen LogP contribution in [0.2, 0.25) is 18.1 Å². The van der Waals surface area contributed by atoms with E-state index in [9.17, 15) is 19.7 Å². The third kappa shape index (κ3) is 10.0. The Labute approximate surface area is 335 Å². The van der Waals surface area contributed by atoms with E-state index in [0.717, 1.165) is 11.1 Å². The maximum absolute atomic E-state index is 13.7. The van der Waals surface area contributed by atoms with Crippen molar-refractivity contribution in [2.75, 3.05) is 13.2 Å². The maximum Gasteiger partial charge on any atom is 0.509 e. The van der Waals surface area contributed by atoms with Gasteiger partial charge in [0.05, 0.1) is 23.0 Å². The van der Waals surface area contributed by atoms with Crippen molar-refractivity contribution < 1.29 is 61.6 Å². The first kappa shape index (κ1) is 43.1. The largest absolute Gasteiger partial charge is 0.509 e. The predicted molar refractivity (Wildman–Crippen MR) is 206 cm³/mol. The van der Waals surface area contributed by atoms with Crippen LogP contribution in [0.5, 0.6) is 0 Å². The van der Waals surface area contributed by atoms with Crippen molar-refractivity contribution in [3.63, 3.8) is 0 Å². The van der Waals surface area contributed by atoms with E-state index in [4.69, 9.17) is 47.1 Å². The molecule has 11 atom stereocenters. The van der Waals surface area contributed by atoms with Crippen LogP contribution in [0.15, 0.2) is 54.6 Å². The van der Waals surface area contributed by atoms with Gasteiger partial charge in [0.25, 0.3) is 5.69 Å². The molecule has 1 unspecified atom stereocenters. The number of nitrogens with zero attached hydrogens (tertiary/aromatic N) is 1. The summed E-state index contributed by atoms with van der Waals surface area (Å²) in [6.45, 7) is 18.1. The molecule has 2 aromatic rings. The van der Waals surface area contributed by atoms with E-state index in [0.29, 0.717) is 19.3 Å². The van der Waals surface area contributed by atoms with Crippen LogP contribution < -0.4 is 0 Å². The Hall–Kier alpha value is -3.48. The summed E-state index contributed by atoms with van der Waals surface area (Å²) in [4.78, 5) is 37.1. The number of ether oxygens (including phenoxy) is 9. The molecule has 0 radical (unpaired) electrons. The van der Waals surface area contributed by atoms with Crippen LogP contribution in [0.25, 0.3) is 0 Å². The Bertz CT molecular complexity index is 1700. The van der Waals surface area contributed by atoms with Gasteiger partial charge in [-0.3, -0.25) is 14.9 Å². The van der Waals surface area contributed by atoms with Crippen LogP contribution in [-0.4, -0.2) is 100.0 Å². The summed E-state index contributed by atoms with van der Waals surface area (Å²) in [5.41, 5.74) is 0.871. The molecule has 4 fully saturated rings. The Morgan fingerprint density at radius 2 is 1.54 bits per heavy atom. The van der Waals surface area contributed by atoms with Crippen LogP contribution >= 0.6 is 0 Å². The van der Waals surface area contributed by atoms with Gasteiger partial charge in [-0.15, -0.1) is 0 Å². The average molecular weight is 816 g/mol. The highest BCUT2D eigenvalue weighted by atomic mass is 28.4. The molecule has 0 amide bonds. The fraction of sp³-hybridized carbons (Fsp3) is 0.659. The van der Waals surface area contributed by atoms with Crippen LogP contribution in [0, 0.1) is 15.5 Å². The number of nitro groups is 1. The van der Waals surface area contributed by atoms with E-state index >= 15 is 0 Å². The molecule has 0 saturated carbocycles. The van der Waals surface area contributed by atoms with Crippen LogP contribution in [0.3, 0.4) is 0 Å². The van der Waals surface area contributed by atoms with Crippen molar-refractivity contribution >= 4 is 26.1 Å². The summed E-state index contributed by atoms with van der Waals surface area (Å²) in [5.74, 6) is -0.518. The van der Waals surface area contributed by atoms with E-state index in [1.54, 1.807) is 32.9 Å². The van der Waals surface area contributed by atoms with Crippen molar-refractivity contribution in [1.29, 1.82) is 0 Å². The first-order valence-corrected chi connectivity index (χ1v) is 22.6. The topological polar surface area (TPSA) is 170 Å². The normalized spacial score (nSPS) is 31.7. The standard InChI is InChI=1S/C41H57NO14Si/c1-24-29(56-57(8,9)41(5,6)7)31-34(55-39(44)54-31)37(49-24)52-32-30-28(23-48-35(51-30)26-16-11-10-12-17-26)50-36(33(32)53-38(43)40(2,3)4)47-22-14-13-15-25-18-20-27(21-19-25)42(45)46/h10-12,16-21,24,28-37H,13-15,22-23H2,1-9H3/t24-,28+,29-,30-,31+,32-,33+,34+,35?,36+,37-/m0/s1. The average Bonchev–Trinajstić information content (AvgIpc) is 3.55. The lowest BCUT2D eigenvalue weighted by Gasteiger charge is -2.51. The molecular weight excluding hydrogens is 759 g/mol. The van der Waals surface area contributed by atoms with Gasteiger partial charge in [0.2, 0.25) is 0 Å². The minimum absolute atomic E-state index is 0.0368. The lowest BCUT2D eigenvalue weighted by Crippen LogP contribution is -2.67. The zero-order valence-corrected chi connectivity index (χ0v) is 35.2. The van der Waals surface area contributed by atoms with E-state index in [2.05, 4.69) is 33.9 Å².